The standard InChI is InChI=1S/C11H9Cl2N3O/c1-2-7-14-11(17)10(13)16-15-9-5-3-8(12)4-6-9/h1,3-6,15H,7H2,(H,14,17)/b16-10-. The first kappa shape index (κ1) is 13.4. The number of benzene rings is 1. The highest BCUT2D eigenvalue weighted by atomic mass is 35.5. The van der Waals surface area contributed by atoms with E-state index in [0.29, 0.717) is 10.7 Å². The van der Waals surface area contributed by atoms with Crippen LogP contribution >= 0.6 is 23.2 Å². The molecule has 0 saturated carbocycles. The molecule has 0 aliphatic rings. The highest BCUT2D eigenvalue weighted by Crippen LogP contribution is 2.13. The number of nitrogens with one attached hydrogen (secondary N) is 2. The van der Waals surface area contributed by atoms with Crippen LogP contribution in [0.25, 0.3) is 0 Å². The van der Waals surface area contributed by atoms with Crippen molar-refractivity contribution in [2.45, 2.75) is 0 Å². The number of terminal acetylenes is 1. The van der Waals surface area contributed by atoms with E-state index in [1.807, 2.05) is 0 Å². The second-order valence-electron chi connectivity index (χ2n) is 2.91. The van der Waals surface area contributed by atoms with E-state index in [-0.39, 0.29) is 11.7 Å². The lowest BCUT2D eigenvalue weighted by molar-refractivity contribution is -0.114. The molecule has 0 atom stereocenters. The first-order valence-electron chi connectivity index (χ1n) is 4.60. The third-order valence-corrected chi connectivity index (χ3v) is 2.17. The molecule has 0 bridgehead atoms. The maximum Gasteiger partial charge on any atom is 0.284 e. The number of halogens is 2. The van der Waals surface area contributed by atoms with Gasteiger partial charge in [0.25, 0.3) is 5.91 Å². The molecule has 1 rings (SSSR count). The van der Waals surface area contributed by atoms with Crippen molar-refractivity contribution in [3.05, 3.63) is 29.3 Å². The second-order valence-corrected chi connectivity index (χ2v) is 3.70. The van der Waals surface area contributed by atoms with Gasteiger partial charge in [-0.15, -0.1) is 6.42 Å². The van der Waals surface area contributed by atoms with E-state index in [1.165, 1.54) is 0 Å². The van der Waals surface area contributed by atoms with Gasteiger partial charge in [-0.1, -0.05) is 29.1 Å². The Bertz CT molecular complexity index is 463. The van der Waals surface area contributed by atoms with Gasteiger partial charge in [-0.3, -0.25) is 10.2 Å². The summed E-state index contributed by atoms with van der Waals surface area (Å²) in [5.74, 6) is 1.72. The van der Waals surface area contributed by atoms with E-state index in [4.69, 9.17) is 29.6 Å². The monoisotopic (exact) mass is 269 g/mol. The Morgan fingerprint density at radius 1 is 1.41 bits per heavy atom. The van der Waals surface area contributed by atoms with Gasteiger partial charge in [0.05, 0.1) is 12.2 Å². The Morgan fingerprint density at radius 3 is 2.65 bits per heavy atom. The fraction of sp³-hybridized carbons (Fsp3) is 0.0909. The Morgan fingerprint density at radius 2 is 2.06 bits per heavy atom. The molecule has 2 N–H and O–H groups in total. The number of hydrazone groups is 1. The zero-order valence-corrected chi connectivity index (χ0v) is 10.2. The normalized spacial score (nSPS) is 10.5. The molecule has 0 heterocycles. The molecular weight excluding hydrogens is 261 g/mol. The molecule has 17 heavy (non-hydrogen) atoms. The minimum absolute atomic E-state index is 0.103. The summed E-state index contributed by atoms with van der Waals surface area (Å²) in [5.41, 5.74) is 3.28. The largest absolute Gasteiger partial charge is 0.339 e. The average molecular weight is 270 g/mol. The third-order valence-electron chi connectivity index (χ3n) is 1.67. The zero-order valence-electron chi connectivity index (χ0n) is 8.71. The van der Waals surface area contributed by atoms with Crippen molar-refractivity contribution in [3.8, 4) is 12.3 Å². The lowest BCUT2D eigenvalue weighted by Crippen LogP contribution is -2.28. The summed E-state index contributed by atoms with van der Waals surface area (Å²) in [6.07, 6.45) is 4.98. The van der Waals surface area contributed by atoms with E-state index in [2.05, 4.69) is 21.8 Å². The number of amides is 1. The lowest BCUT2D eigenvalue weighted by atomic mass is 10.3. The number of carbonyl (C=O) groups is 1. The van der Waals surface area contributed by atoms with Crippen LogP contribution in [0, 0.1) is 12.3 Å². The summed E-state index contributed by atoms with van der Waals surface area (Å²) < 4.78 is 0. The molecule has 4 nitrogen and oxygen atoms in total. The van der Waals surface area contributed by atoms with Gasteiger partial charge in [0.15, 0.2) is 0 Å². The zero-order chi connectivity index (χ0) is 12.7. The fourth-order valence-corrected chi connectivity index (χ4v) is 1.13. The molecule has 0 aromatic heterocycles. The summed E-state index contributed by atoms with van der Waals surface area (Å²) in [4.78, 5) is 11.2. The van der Waals surface area contributed by atoms with Crippen molar-refractivity contribution in [2.75, 3.05) is 12.0 Å². The van der Waals surface area contributed by atoms with E-state index >= 15 is 0 Å². The van der Waals surface area contributed by atoms with Gasteiger partial charge in [0, 0.05) is 5.02 Å². The van der Waals surface area contributed by atoms with Crippen molar-refractivity contribution in [3.63, 3.8) is 0 Å². The maximum atomic E-state index is 11.2. The predicted molar refractivity (Wildman–Crippen MR) is 70.2 cm³/mol. The van der Waals surface area contributed by atoms with Crippen LogP contribution in [0.1, 0.15) is 0 Å². The van der Waals surface area contributed by atoms with Crippen LogP contribution < -0.4 is 10.7 Å². The first-order chi connectivity index (χ1) is 8.13. The molecule has 0 spiro atoms. The van der Waals surface area contributed by atoms with Gasteiger partial charge >= 0.3 is 0 Å². The molecular formula is C11H9Cl2N3O. The topological polar surface area (TPSA) is 53.5 Å². The van der Waals surface area contributed by atoms with Crippen molar-refractivity contribution < 1.29 is 4.79 Å². The highest BCUT2D eigenvalue weighted by molar-refractivity contribution is 6.82. The van der Waals surface area contributed by atoms with E-state index in [9.17, 15) is 4.79 Å². The summed E-state index contributed by atoms with van der Waals surface area (Å²) in [5, 5.41) is 6.45. The van der Waals surface area contributed by atoms with Crippen molar-refractivity contribution >= 4 is 40.0 Å². The minimum Gasteiger partial charge on any atom is -0.339 e. The molecule has 0 saturated heterocycles. The number of anilines is 1. The maximum absolute atomic E-state index is 11.2. The molecule has 1 amide bonds. The summed E-state index contributed by atoms with van der Waals surface area (Å²) in [6, 6.07) is 6.78. The van der Waals surface area contributed by atoms with Crippen LogP contribution in [0.3, 0.4) is 0 Å². The van der Waals surface area contributed by atoms with E-state index in [1.54, 1.807) is 24.3 Å². The number of hydrogen-bond acceptors (Lipinski definition) is 3. The molecule has 0 radical (unpaired) electrons. The number of hydrogen-bond donors (Lipinski definition) is 2. The molecule has 0 aliphatic carbocycles. The SMILES string of the molecule is C#CCNC(=O)/C(Cl)=N/Nc1ccc(Cl)cc1. The van der Waals surface area contributed by atoms with Crippen LogP contribution in [0.15, 0.2) is 29.4 Å². The molecule has 0 aliphatic heterocycles. The second kappa shape index (κ2) is 6.79. The van der Waals surface area contributed by atoms with Gasteiger partial charge in [-0.25, -0.2) is 0 Å². The van der Waals surface area contributed by atoms with Crippen molar-refractivity contribution in [1.29, 1.82) is 0 Å². The Balaban J connectivity index is 2.56. The molecule has 1 aromatic carbocycles. The fourth-order valence-electron chi connectivity index (χ4n) is 0.893. The predicted octanol–water partition coefficient (Wildman–Crippen LogP) is 2.05. The number of nitrogens with zero attached hydrogens (tertiary/aromatic N) is 1. The number of carbonyl (C=O) groups excluding carboxylic acids is 1. The molecule has 6 heteroatoms. The van der Waals surface area contributed by atoms with Crippen molar-refractivity contribution in [2.24, 2.45) is 5.10 Å². The number of rotatable bonds is 4. The summed E-state index contributed by atoms with van der Waals surface area (Å²) in [7, 11) is 0. The Labute approximate surface area is 109 Å². The Hall–Kier alpha value is -1.70. The molecule has 0 fully saturated rings. The molecule has 1 aromatic rings. The van der Waals surface area contributed by atoms with Gasteiger partial charge in [0.1, 0.15) is 0 Å². The van der Waals surface area contributed by atoms with Gasteiger partial charge in [-0.05, 0) is 24.3 Å². The highest BCUT2D eigenvalue weighted by Gasteiger charge is 2.06. The molecule has 0 unspecified atom stereocenters. The van der Waals surface area contributed by atoms with Gasteiger partial charge < -0.3 is 5.32 Å². The van der Waals surface area contributed by atoms with Crippen LogP contribution in [-0.4, -0.2) is 17.6 Å². The van der Waals surface area contributed by atoms with Crippen molar-refractivity contribution in [1.82, 2.24) is 5.32 Å². The van der Waals surface area contributed by atoms with E-state index in [0.717, 1.165) is 0 Å². The quantitative estimate of drug-likeness (QED) is 0.500. The first-order valence-corrected chi connectivity index (χ1v) is 5.35. The van der Waals surface area contributed by atoms with Crippen LogP contribution in [0.5, 0.6) is 0 Å². The lowest BCUT2D eigenvalue weighted by Gasteiger charge is -2.02. The summed E-state index contributed by atoms with van der Waals surface area (Å²) >= 11 is 11.3. The smallest absolute Gasteiger partial charge is 0.284 e. The minimum atomic E-state index is -0.536. The summed E-state index contributed by atoms with van der Waals surface area (Å²) in [6.45, 7) is 0.103. The third kappa shape index (κ3) is 4.77. The van der Waals surface area contributed by atoms with Crippen LogP contribution in [0.2, 0.25) is 5.02 Å². The van der Waals surface area contributed by atoms with Crippen LogP contribution in [-0.2, 0) is 4.79 Å². The average Bonchev–Trinajstić information content (AvgIpc) is 2.34. The van der Waals surface area contributed by atoms with E-state index < -0.39 is 5.91 Å². The molecule has 88 valence electrons. The van der Waals surface area contributed by atoms with Gasteiger partial charge in [-0.2, -0.15) is 5.10 Å². The van der Waals surface area contributed by atoms with Crippen LogP contribution in [0.4, 0.5) is 5.69 Å². The Kier molecular flexibility index (Phi) is 5.34. The van der Waals surface area contributed by atoms with Gasteiger partial charge in [0.2, 0.25) is 5.17 Å².